The van der Waals surface area contributed by atoms with Gasteiger partial charge in [0.05, 0.1) is 34.8 Å². The van der Waals surface area contributed by atoms with Gasteiger partial charge in [0, 0.05) is 30.2 Å². The molecule has 8 nitrogen and oxygen atoms in total. The van der Waals surface area contributed by atoms with E-state index in [9.17, 15) is 9.59 Å². The maximum Gasteiger partial charge on any atom is 0.329 e. The fraction of sp³-hybridized carbons (Fsp3) is 0.333. The first-order valence-electron chi connectivity index (χ1n) is 9.94. The Kier molecular flexibility index (Phi) is 4.58. The van der Waals surface area contributed by atoms with Crippen LogP contribution in [0.5, 0.6) is 0 Å². The van der Waals surface area contributed by atoms with Crippen LogP contribution in [0.3, 0.4) is 0 Å². The lowest BCUT2D eigenvalue weighted by atomic mass is 10.3. The Hall–Kier alpha value is -3.13. The van der Waals surface area contributed by atoms with E-state index in [1.807, 2.05) is 21.3 Å². The summed E-state index contributed by atoms with van der Waals surface area (Å²) in [5.74, 6) is -0.141. The molecule has 0 aliphatic heterocycles. The predicted octanol–water partition coefficient (Wildman–Crippen LogP) is 3.45. The number of fused-ring (bicyclic) bond motifs is 2. The molecule has 3 heterocycles. The number of aryl methyl sites for hydroxylation is 1. The third-order valence-electron chi connectivity index (χ3n) is 5.54. The highest BCUT2D eigenvalue weighted by Gasteiger charge is 2.29. The number of benzene rings is 1. The van der Waals surface area contributed by atoms with Crippen LogP contribution in [0.2, 0.25) is 5.02 Å². The molecule has 0 unspecified atom stereocenters. The number of aromatic nitrogens is 5. The van der Waals surface area contributed by atoms with Gasteiger partial charge in [0.2, 0.25) is 0 Å². The number of halogens is 1. The van der Waals surface area contributed by atoms with Gasteiger partial charge < -0.3 is 9.67 Å². The van der Waals surface area contributed by atoms with Crippen LogP contribution < -0.4 is 5.69 Å². The van der Waals surface area contributed by atoms with Crippen molar-refractivity contribution >= 4 is 39.6 Å². The van der Waals surface area contributed by atoms with Crippen LogP contribution in [0, 0.1) is 0 Å². The van der Waals surface area contributed by atoms with Crippen LogP contribution in [0.4, 0.5) is 0 Å². The highest BCUT2D eigenvalue weighted by Crippen LogP contribution is 2.36. The van der Waals surface area contributed by atoms with E-state index in [2.05, 4.69) is 4.98 Å². The summed E-state index contributed by atoms with van der Waals surface area (Å²) in [6, 6.07) is 7.58. The van der Waals surface area contributed by atoms with Gasteiger partial charge in [0.1, 0.15) is 5.82 Å². The monoisotopic (exact) mass is 425 g/mol. The van der Waals surface area contributed by atoms with Crippen molar-refractivity contribution in [2.45, 2.75) is 44.8 Å². The van der Waals surface area contributed by atoms with Gasteiger partial charge in [-0.3, -0.25) is 18.9 Å². The zero-order valence-electron chi connectivity index (χ0n) is 16.2. The Balaban J connectivity index is 1.61. The number of pyridine rings is 1. The molecule has 0 amide bonds. The van der Waals surface area contributed by atoms with E-state index in [0.29, 0.717) is 23.8 Å². The molecule has 1 N–H and O–H groups in total. The first kappa shape index (κ1) is 18.9. The SMILES string of the molecule is O=C(O)CCCn1c(Cn2c(=O)n(C3CC3)c3ccncc32)nc2cc(Cl)ccc21. The molecule has 1 aromatic carbocycles. The third-order valence-corrected chi connectivity index (χ3v) is 5.77. The lowest BCUT2D eigenvalue weighted by Crippen LogP contribution is -2.25. The van der Waals surface area contributed by atoms with Crippen molar-refractivity contribution in [2.24, 2.45) is 0 Å². The quantitative estimate of drug-likeness (QED) is 0.489. The molecule has 0 radical (unpaired) electrons. The van der Waals surface area contributed by atoms with Gasteiger partial charge in [-0.25, -0.2) is 9.78 Å². The first-order valence-corrected chi connectivity index (χ1v) is 10.3. The van der Waals surface area contributed by atoms with E-state index >= 15 is 0 Å². The summed E-state index contributed by atoms with van der Waals surface area (Å²) in [6.45, 7) is 0.772. The lowest BCUT2D eigenvalue weighted by Gasteiger charge is -2.09. The number of nitrogens with zero attached hydrogens (tertiary/aromatic N) is 5. The van der Waals surface area contributed by atoms with E-state index < -0.39 is 5.97 Å². The maximum atomic E-state index is 13.2. The maximum absolute atomic E-state index is 13.2. The fourth-order valence-corrected chi connectivity index (χ4v) is 4.18. The average molecular weight is 426 g/mol. The van der Waals surface area contributed by atoms with Gasteiger partial charge in [-0.1, -0.05) is 11.6 Å². The lowest BCUT2D eigenvalue weighted by molar-refractivity contribution is -0.137. The van der Waals surface area contributed by atoms with Crippen molar-refractivity contribution < 1.29 is 9.90 Å². The fourth-order valence-electron chi connectivity index (χ4n) is 4.02. The van der Waals surface area contributed by atoms with Crippen molar-refractivity contribution in [1.82, 2.24) is 23.7 Å². The van der Waals surface area contributed by atoms with Crippen LogP contribution >= 0.6 is 11.6 Å². The Bertz CT molecular complexity index is 1330. The molecule has 1 aliphatic rings. The molecule has 154 valence electrons. The normalized spacial score (nSPS) is 14.0. The minimum absolute atomic E-state index is 0.0670. The van der Waals surface area contributed by atoms with E-state index in [-0.39, 0.29) is 24.7 Å². The van der Waals surface area contributed by atoms with Gasteiger partial charge in [0.15, 0.2) is 0 Å². The number of imidazole rings is 2. The van der Waals surface area contributed by atoms with Crippen LogP contribution in [0.1, 0.15) is 37.5 Å². The Morgan fingerprint density at radius 2 is 2.00 bits per heavy atom. The molecule has 1 aliphatic carbocycles. The van der Waals surface area contributed by atoms with E-state index in [0.717, 1.165) is 34.9 Å². The Morgan fingerprint density at radius 3 is 2.77 bits per heavy atom. The number of carboxylic acid groups (broad SMARTS) is 1. The summed E-state index contributed by atoms with van der Waals surface area (Å²) in [4.78, 5) is 33.1. The van der Waals surface area contributed by atoms with Crippen molar-refractivity contribution in [1.29, 1.82) is 0 Å². The van der Waals surface area contributed by atoms with Gasteiger partial charge in [-0.2, -0.15) is 0 Å². The van der Waals surface area contributed by atoms with Gasteiger partial charge in [-0.15, -0.1) is 0 Å². The number of hydrogen-bond donors (Lipinski definition) is 1. The second-order valence-electron chi connectivity index (χ2n) is 7.64. The summed E-state index contributed by atoms with van der Waals surface area (Å²) in [5.41, 5.74) is 3.19. The van der Waals surface area contributed by atoms with Crippen LogP contribution in [-0.2, 0) is 17.9 Å². The first-order chi connectivity index (χ1) is 14.5. The molecule has 1 saturated carbocycles. The topological polar surface area (TPSA) is 94.9 Å². The molecule has 0 saturated heterocycles. The van der Waals surface area contributed by atoms with Crippen molar-refractivity contribution in [3.63, 3.8) is 0 Å². The number of carbonyl (C=O) groups is 1. The summed E-state index contributed by atoms with van der Waals surface area (Å²) >= 11 is 6.14. The van der Waals surface area contributed by atoms with E-state index in [4.69, 9.17) is 21.7 Å². The van der Waals surface area contributed by atoms with Crippen LogP contribution in [0.15, 0.2) is 41.5 Å². The highest BCUT2D eigenvalue weighted by atomic mass is 35.5. The molecule has 5 rings (SSSR count). The number of hydrogen-bond acceptors (Lipinski definition) is 4. The molecule has 3 aromatic heterocycles. The average Bonchev–Trinajstić information content (AvgIpc) is 3.44. The Morgan fingerprint density at radius 1 is 1.17 bits per heavy atom. The molecule has 0 spiro atoms. The summed E-state index contributed by atoms with van der Waals surface area (Å²) in [7, 11) is 0. The number of aliphatic carboxylic acids is 1. The third kappa shape index (κ3) is 3.27. The standard InChI is InChI=1S/C21H20ClN5O3/c22-13-3-6-16-15(10-13)24-19(25(16)9-1-2-20(28)29)12-26-18-11-23-8-7-17(18)27(21(26)30)14-4-5-14/h3,6-8,10-11,14H,1-2,4-5,9,12H2,(H,28,29). The molecule has 4 aromatic rings. The number of carboxylic acids is 1. The number of rotatable bonds is 7. The van der Waals surface area contributed by atoms with E-state index in [1.165, 1.54) is 0 Å². The second-order valence-corrected chi connectivity index (χ2v) is 8.08. The second kappa shape index (κ2) is 7.28. The molecule has 30 heavy (non-hydrogen) atoms. The molecular weight excluding hydrogens is 406 g/mol. The van der Waals surface area contributed by atoms with Crippen LogP contribution in [0.25, 0.3) is 22.1 Å². The minimum atomic E-state index is -0.834. The molecule has 0 atom stereocenters. The Labute approximate surface area is 176 Å². The predicted molar refractivity (Wildman–Crippen MR) is 113 cm³/mol. The minimum Gasteiger partial charge on any atom is -0.481 e. The van der Waals surface area contributed by atoms with Gasteiger partial charge in [0.25, 0.3) is 0 Å². The summed E-state index contributed by atoms with van der Waals surface area (Å²) < 4.78 is 5.54. The highest BCUT2D eigenvalue weighted by molar-refractivity contribution is 6.31. The molecular formula is C21H20ClN5O3. The molecule has 1 fully saturated rings. The largest absolute Gasteiger partial charge is 0.481 e. The summed E-state index contributed by atoms with van der Waals surface area (Å²) in [5, 5.41) is 9.59. The van der Waals surface area contributed by atoms with E-state index in [1.54, 1.807) is 29.1 Å². The van der Waals surface area contributed by atoms with Crippen molar-refractivity contribution in [2.75, 3.05) is 0 Å². The molecule has 9 heteroatoms. The van der Waals surface area contributed by atoms with Gasteiger partial charge in [-0.05, 0) is 43.5 Å². The summed E-state index contributed by atoms with van der Waals surface area (Å²) in [6.07, 6.45) is 5.97. The van der Waals surface area contributed by atoms with Crippen molar-refractivity contribution in [3.8, 4) is 0 Å². The van der Waals surface area contributed by atoms with Crippen LogP contribution in [-0.4, -0.2) is 34.7 Å². The smallest absolute Gasteiger partial charge is 0.329 e. The zero-order valence-corrected chi connectivity index (χ0v) is 16.9. The van der Waals surface area contributed by atoms with Crippen molar-refractivity contribution in [3.05, 3.63) is 58.0 Å². The zero-order chi connectivity index (χ0) is 20.8. The van der Waals surface area contributed by atoms with Gasteiger partial charge >= 0.3 is 11.7 Å². The molecule has 0 bridgehead atoms.